The van der Waals surface area contributed by atoms with Gasteiger partial charge < -0.3 is 26.4 Å². The van der Waals surface area contributed by atoms with Gasteiger partial charge in [-0.15, -0.1) is 0 Å². The van der Waals surface area contributed by atoms with Crippen LogP contribution < -0.4 is 27.4 Å². The Morgan fingerprint density at radius 2 is 1.89 bits per heavy atom. The van der Waals surface area contributed by atoms with Gasteiger partial charge in [-0.3, -0.25) is 14.8 Å². The number of aliphatic hydroxyl groups is 1. The Morgan fingerprint density at radius 3 is 2.58 bits per heavy atom. The van der Waals surface area contributed by atoms with Gasteiger partial charge in [-0.25, -0.2) is 9.59 Å². The number of piperazine rings is 1. The number of carbonyl (C=O) groups excluding carboxylic acids is 1. The van der Waals surface area contributed by atoms with Crippen LogP contribution in [-0.4, -0.2) is 94.1 Å². The molecule has 11 nitrogen and oxygen atoms in total. The van der Waals surface area contributed by atoms with Gasteiger partial charge in [0.1, 0.15) is 12.0 Å². The first kappa shape index (κ1) is 28.2. The third-order valence-corrected chi connectivity index (χ3v) is 7.29. The molecular weight excluding hydrogens is 484 g/mol. The van der Waals surface area contributed by atoms with Crippen LogP contribution in [0.5, 0.6) is 0 Å². The lowest BCUT2D eigenvalue weighted by atomic mass is 10.0. The molecular formula is C27H42N8O3. The topological polar surface area (TPSA) is 141 Å². The summed E-state index contributed by atoms with van der Waals surface area (Å²) in [4.78, 5) is 33.0. The highest BCUT2D eigenvalue weighted by atomic mass is 16.3. The molecule has 0 radical (unpaired) electrons. The highest BCUT2D eigenvalue weighted by Gasteiger charge is 2.32. The first-order valence-corrected chi connectivity index (χ1v) is 13.6. The molecule has 2 aliphatic rings. The minimum absolute atomic E-state index is 0.207. The number of nitrogens with zero attached hydrogens (tertiary/aromatic N) is 4. The number of benzene rings is 1. The molecule has 4 rings (SSSR count). The zero-order chi connectivity index (χ0) is 27.1. The van der Waals surface area contributed by atoms with E-state index in [2.05, 4.69) is 20.9 Å². The third-order valence-electron chi connectivity index (χ3n) is 7.29. The summed E-state index contributed by atoms with van der Waals surface area (Å²) >= 11 is 0. The summed E-state index contributed by atoms with van der Waals surface area (Å²) in [5, 5.41) is 20.2. The van der Waals surface area contributed by atoms with Crippen LogP contribution in [0.1, 0.15) is 38.7 Å². The number of anilines is 1. The van der Waals surface area contributed by atoms with Gasteiger partial charge in [-0.1, -0.05) is 12.1 Å². The molecule has 2 aromatic rings. The normalized spacial score (nSPS) is 20.1. The lowest BCUT2D eigenvalue weighted by Crippen LogP contribution is -2.60. The summed E-state index contributed by atoms with van der Waals surface area (Å²) in [7, 11) is 0. The molecule has 0 aliphatic carbocycles. The second kappa shape index (κ2) is 12.8. The number of hydrogen-bond acceptors (Lipinski definition) is 8. The van der Waals surface area contributed by atoms with E-state index in [4.69, 9.17) is 5.73 Å². The van der Waals surface area contributed by atoms with E-state index in [1.807, 2.05) is 29.2 Å². The molecule has 2 fully saturated rings. The number of nitrogens with two attached hydrogens (primary N) is 1. The van der Waals surface area contributed by atoms with Crippen LogP contribution in [0.25, 0.3) is 5.69 Å². The monoisotopic (exact) mass is 526 g/mol. The van der Waals surface area contributed by atoms with Crippen molar-refractivity contribution in [3.63, 3.8) is 0 Å². The molecule has 2 atom stereocenters. The Kier molecular flexibility index (Phi) is 9.50. The predicted octanol–water partition coefficient (Wildman–Crippen LogP) is 0.712. The number of carbonyl (C=O) groups is 1. The molecule has 3 heterocycles. The number of nitrogens with one attached hydrogen (secondary N) is 3. The third kappa shape index (κ3) is 7.61. The molecule has 2 amide bonds. The fraction of sp³-hybridized carbons (Fsp3) is 0.593. The van der Waals surface area contributed by atoms with Crippen LogP contribution in [0.3, 0.4) is 0 Å². The quantitative estimate of drug-likeness (QED) is 0.339. The van der Waals surface area contributed by atoms with Crippen LogP contribution in [-0.2, 0) is 6.42 Å². The van der Waals surface area contributed by atoms with E-state index in [1.165, 1.54) is 29.4 Å². The summed E-state index contributed by atoms with van der Waals surface area (Å²) in [5.74, 6) is 0.207. The minimum Gasteiger partial charge on any atom is -0.376 e. The van der Waals surface area contributed by atoms with Crippen LogP contribution in [0.2, 0.25) is 0 Å². The average molecular weight is 527 g/mol. The van der Waals surface area contributed by atoms with Crippen LogP contribution in [0.4, 0.5) is 10.6 Å². The molecule has 38 heavy (non-hydrogen) atoms. The second-order valence-corrected chi connectivity index (χ2v) is 10.9. The average Bonchev–Trinajstić information content (AvgIpc) is 3.17. The lowest BCUT2D eigenvalue weighted by molar-refractivity contribution is -0.0573. The minimum atomic E-state index is -0.781. The van der Waals surface area contributed by atoms with Crippen LogP contribution >= 0.6 is 0 Å². The summed E-state index contributed by atoms with van der Waals surface area (Å²) in [5.41, 5.74) is 6.73. The van der Waals surface area contributed by atoms with Gasteiger partial charge >= 0.3 is 11.7 Å². The van der Waals surface area contributed by atoms with Crippen molar-refractivity contribution in [2.45, 2.75) is 57.3 Å². The number of aromatic nitrogens is 2. The highest BCUT2D eigenvalue weighted by molar-refractivity contribution is 5.88. The number of rotatable bonds is 8. The van der Waals surface area contributed by atoms with Crippen molar-refractivity contribution in [3.8, 4) is 5.69 Å². The summed E-state index contributed by atoms with van der Waals surface area (Å²) in [6, 6.07) is 9.79. The summed E-state index contributed by atoms with van der Waals surface area (Å²) < 4.78 is 1.46. The van der Waals surface area contributed by atoms with E-state index in [0.717, 1.165) is 31.7 Å². The highest BCUT2D eigenvalue weighted by Crippen LogP contribution is 2.15. The molecule has 0 saturated carbocycles. The predicted molar refractivity (Wildman–Crippen MR) is 148 cm³/mol. The van der Waals surface area contributed by atoms with Crippen LogP contribution in [0, 0.1) is 0 Å². The Labute approximate surface area is 224 Å². The fourth-order valence-corrected chi connectivity index (χ4v) is 4.97. The molecule has 11 heteroatoms. The smallest absolute Gasteiger partial charge is 0.354 e. The van der Waals surface area contributed by atoms with Crippen molar-refractivity contribution in [2.24, 2.45) is 5.73 Å². The standard InChI is InChI=1S/C27H42N8O3/c1-27(2,28)24(36)33-16-18-34(19-17-33)25(37)31-23-11-15-35(26(38)32-23)22-7-5-20(6-8-22)9-14-30-21-4-3-12-29-13-10-21/h5-8,11,15,21,24,29-30,36H,3-4,9-10,12-14,16-19,28H2,1-2H3,(H,31,32,37,38). The maximum atomic E-state index is 12.7. The molecule has 208 valence electrons. The molecule has 2 aliphatic heterocycles. The van der Waals surface area contributed by atoms with Gasteiger partial charge in [0.2, 0.25) is 0 Å². The van der Waals surface area contributed by atoms with E-state index < -0.39 is 17.5 Å². The first-order chi connectivity index (χ1) is 18.2. The zero-order valence-corrected chi connectivity index (χ0v) is 22.5. The molecule has 2 unspecified atom stereocenters. The molecule has 2 saturated heterocycles. The van der Waals surface area contributed by atoms with Crippen molar-refractivity contribution >= 4 is 11.8 Å². The van der Waals surface area contributed by atoms with Crippen LogP contribution in [0.15, 0.2) is 41.3 Å². The SMILES string of the molecule is CC(C)(N)C(O)N1CCN(C(=O)Nc2ccn(-c3ccc(CCNC4CCCNCC4)cc3)c(=O)n2)CC1. The van der Waals surface area contributed by atoms with Crippen molar-refractivity contribution in [1.29, 1.82) is 0 Å². The van der Waals surface area contributed by atoms with E-state index in [0.29, 0.717) is 32.2 Å². The lowest BCUT2D eigenvalue weighted by Gasteiger charge is -2.41. The second-order valence-electron chi connectivity index (χ2n) is 10.9. The van der Waals surface area contributed by atoms with Crippen molar-refractivity contribution < 1.29 is 9.90 Å². The molecule has 1 aromatic carbocycles. The Balaban J connectivity index is 1.27. The maximum Gasteiger partial charge on any atom is 0.354 e. The van der Waals surface area contributed by atoms with Gasteiger partial charge in [-0.2, -0.15) is 4.98 Å². The number of hydrogen-bond donors (Lipinski definition) is 5. The van der Waals surface area contributed by atoms with Crippen molar-refractivity contribution in [2.75, 3.05) is 51.1 Å². The Morgan fingerprint density at radius 1 is 1.16 bits per heavy atom. The first-order valence-electron chi connectivity index (χ1n) is 13.6. The maximum absolute atomic E-state index is 12.7. The molecule has 1 aromatic heterocycles. The molecule has 0 spiro atoms. The van der Waals surface area contributed by atoms with E-state index in [1.54, 1.807) is 31.0 Å². The Bertz CT molecular complexity index is 1100. The van der Waals surface area contributed by atoms with Crippen molar-refractivity contribution in [3.05, 3.63) is 52.6 Å². The summed E-state index contributed by atoms with van der Waals surface area (Å²) in [6.45, 7) is 8.56. The van der Waals surface area contributed by atoms with Gasteiger partial charge in [0.25, 0.3) is 0 Å². The van der Waals surface area contributed by atoms with Crippen molar-refractivity contribution in [1.82, 2.24) is 30.0 Å². The van der Waals surface area contributed by atoms with Gasteiger partial charge in [-0.05, 0) is 82.9 Å². The number of urea groups is 1. The van der Waals surface area contributed by atoms with Gasteiger partial charge in [0, 0.05) is 44.0 Å². The zero-order valence-electron chi connectivity index (χ0n) is 22.5. The summed E-state index contributed by atoms with van der Waals surface area (Å²) in [6.07, 6.45) is 5.37. The van der Waals surface area contributed by atoms with E-state index in [9.17, 15) is 14.7 Å². The fourth-order valence-electron chi connectivity index (χ4n) is 4.97. The number of amides is 2. The number of aliphatic hydroxyl groups excluding tert-OH is 1. The van der Waals surface area contributed by atoms with E-state index in [-0.39, 0.29) is 11.8 Å². The Hall–Kier alpha value is -2.83. The van der Waals surface area contributed by atoms with Gasteiger partial charge in [0.05, 0.1) is 5.69 Å². The molecule has 6 N–H and O–H groups in total. The molecule has 0 bridgehead atoms. The van der Waals surface area contributed by atoms with Gasteiger partial charge in [0.15, 0.2) is 0 Å². The largest absolute Gasteiger partial charge is 0.376 e. The van der Waals surface area contributed by atoms with E-state index >= 15 is 0 Å².